The number of phenolic OH excluding ortho intramolecular Hbond substituents is 1. The van der Waals surface area contributed by atoms with Crippen molar-refractivity contribution in [1.29, 1.82) is 0 Å². The van der Waals surface area contributed by atoms with Crippen LogP contribution in [0.4, 0.5) is 0 Å². The molecule has 0 aliphatic heterocycles. The highest BCUT2D eigenvalue weighted by molar-refractivity contribution is 5.91. The Kier molecular flexibility index (Phi) is 9.75. The molecular formula is C30H33NO7. The van der Waals surface area contributed by atoms with Crippen molar-refractivity contribution >= 4 is 11.0 Å². The third-order valence-electron chi connectivity index (χ3n) is 6.14. The molecule has 200 valence electrons. The lowest BCUT2D eigenvalue weighted by Gasteiger charge is -2.20. The molecule has 4 aromatic rings. The van der Waals surface area contributed by atoms with Gasteiger partial charge in [-0.3, -0.25) is 9.69 Å². The number of hydrogen-bond acceptors (Lipinski definition) is 8. The van der Waals surface area contributed by atoms with Crippen LogP contribution in [-0.2, 0) is 6.61 Å². The Morgan fingerprint density at radius 3 is 2.18 bits per heavy atom. The number of aromatic hydroxyl groups is 1. The van der Waals surface area contributed by atoms with Crippen LogP contribution in [0.1, 0.15) is 18.4 Å². The van der Waals surface area contributed by atoms with Gasteiger partial charge >= 0.3 is 0 Å². The molecule has 0 atom stereocenters. The van der Waals surface area contributed by atoms with E-state index in [-0.39, 0.29) is 53.5 Å². The van der Waals surface area contributed by atoms with Gasteiger partial charge in [-0.25, -0.2) is 0 Å². The third-order valence-corrected chi connectivity index (χ3v) is 6.14. The lowest BCUT2D eigenvalue weighted by Crippen LogP contribution is -2.31. The number of aliphatic hydroxyl groups is 2. The van der Waals surface area contributed by atoms with Gasteiger partial charge in [0, 0.05) is 30.8 Å². The number of fused-ring (bicyclic) bond motifs is 1. The molecule has 8 nitrogen and oxygen atoms in total. The predicted molar refractivity (Wildman–Crippen MR) is 146 cm³/mol. The van der Waals surface area contributed by atoms with E-state index in [2.05, 4.69) is 0 Å². The number of hydrogen-bond donors (Lipinski definition) is 3. The lowest BCUT2D eigenvalue weighted by atomic mass is 10.1. The van der Waals surface area contributed by atoms with Crippen molar-refractivity contribution in [2.24, 2.45) is 0 Å². The van der Waals surface area contributed by atoms with Crippen molar-refractivity contribution in [3.05, 3.63) is 88.6 Å². The second-order valence-electron chi connectivity index (χ2n) is 8.89. The summed E-state index contributed by atoms with van der Waals surface area (Å²) < 4.78 is 18.4. The first-order valence-corrected chi connectivity index (χ1v) is 12.7. The molecule has 0 radical (unpaired) electrons. The fourth-order valence-corrected chi connectivity index (χ4v) is 4.22. The summed E-state index contributed by atoms with van der Waals surface area (Å²) in [6.45, 7) is 2.30. The number of unbranched alkanes of at least 4 members (excludes halogenated alkanes) is 1. The first-order chi connectivity index (χ1) is 18.6. The molecule has 0 fully saturated rings. The maximum absolute atomic E-state index is 13.0. The highest BCUT2D eigenvalue weighted by atomic mass is 16.5. The zero-order valence-electron chi connectivity index (χ0n) is 21.2. The van der Waals surface area contributed by atoms with Gasteiger partial charge in [-0.1, -0.05) is 60.7 Å². The zero-order valence-corrected chi connectivity index (χ0v) is 21.2. The Balaban J connectivity index is 1.63. The Morgan fingerprint density at radius 2 is 1.50 bits per heavy atom. The maximum Gasteiger partial charge on any atom is 0.205 e. The molecule has 0 aliphatic carbocycles. The van der Waals surface area contributed by atoms with Crippen LogP contribution >= 0.6 is 0 Å². The maximum atomic E-state index is 13.0. The van der Waals surface area contributed by atoms with E-state index in [1.807, 2.05) is 65.6 Å². The summed E-state index contributed by atoms with van der Waals surface area (Å²) in [5, 5.41) is 29.2. The number of rotatable bonds is 14. The van der Waals surface area contributed by atoms with Crippen LogP contribution in [0.2, 0.25) is 0 Å². The second-order valence-corrected chi connectivity index (χ2v) is 8.89. The van der Waals surface area contributed by atoms with Crippen molar-refractivity contribution in [3.63, 3.8) is 0 Å². The van der Waals surface area contributed by atoms with Gasteiger partial charge in [0.25, 0.3) is 0 Å². The monoisotopic (exact) mass is 519 g/mol. The molecule has 1 heterocycles. The smallest absolute Gasteiger partial charge is 0.205 e. The minimum Gasteiger partial charge on any atom is -0.507 e. The molecule has 1 aromatic heterocycles. The second kappa shape index (κ2) is 13.6. The zero-order chi connectivity index (χ0) is 26.7. The first kappa shape index (κ1) is 27.2. The molecule has 0 saturated carbocycles. The molecule has 0 spiro atoms. The summed E-state index contributed by atoms with van der Waals surface area (Å²) in [6, 6.07) is 21.6. The Hall–Kier alpha value is -3.85. The molecule has 0 saturated heterocycles. The molecule has 4 rings (SSSR count). The average Bonchev–Trinajstić information content (AvgIpc) is 2.93. The first-order valence-electron chi connectivity index (χ1n) is 12.7. The molecule has 0 bridgehead atoms. The van der Waals surface area contributed by atoms with Crippen LogP contribution in [0.25, 0.3) is 22.3 Å². The quantitative estimate of drug-likeness (QED) is 0.213. The van der Waals surface area contributed by atoms with Crippen LogP contribution < -0.4 is 14.9 Å². The topological polar surface area (TPSA) is 113 Å². The Morgan fingerprint density at radius 1 is 0.816 bits per heavy atom. The summed E-state index contributed by atoms with van der Waals surface area (Å²) in [7, 11) is 0. The fourth-order valence-electron chi connectivity index (χ4n) is 4.22. The van der Waals surface area contributed by atoms with Crippen molar-refractivity contribution in [2.45, 2.75) is 19.4 Å². The number of phenols is 1. The van der Waals surface area contributed by atoms with Crippen LogP contribution in [0.3, 0.4) is 0 Å². The van der Waals surface area contributed by atoms with Gasteiger partial charge in [0.15, 0.2) is 16.8 Å². The van der Waals surface area contributed by atoms with E-state index in [4.69, 9.17) is 13.9 Å². The summed E-state index contributed by atoms with van der Waals surface area (Å²) in [4.78, 5) is 15.0. The average molecular weight is 520 g/mol. The molecule has 0 unspecified atom stereocenters. The normalized spacial score (nSPS) is 11.2. The number of ether oxygens (including phenoxy) is 2. The van der Waals surface area contributed by atoms with Crippen LogP contribution in [-0.4, -0.2) is 59.7 Å². The highest BCUT2D eigenvalue weighted by Crippen LogP contribution is 2.41. The van der Waals surface area contributed by atoms with Gasteiger partial charge < -0.3 is 29.2 Å². The molecule has 0 amide bonds. The minimum absolute atomic E-state index is 0.0287. The minimum atomic E-state index is -0.384. The summed E-state index contributed by atoms with van der Waals surface area (Å²) in [5.74, 6) is 0.643. The standard InChI is InChI=1S/C30H33NO7/c32-16-14-31(15-17-33)13-7-8-18-36-29-27(37-21-22-9-3-1-4-10-22)20-25(35)28-24(34)19-26(38-30(28)29)23-11-5-2-6-12-23/h1-6,9-12,19-20,32-33,35H,7-8,13-18,21H2. The van der Waals surface area contributed by atoms with Crippen molar-refractivity contribution in [3.8, 4) is 28.6 Å². The van der Waals surface area contributed by atoms with Crippen molar-refractivity contribution in [1.82, 2.24) is 4.90 Å². The highest BCUT2D eigenvalue weighted by Gasteiger charge is 2.21. The molecule has 38 heavy (non-hydrogen) atoms. The number of benzene rings is 3. The summed E-state index contributed by atoms with van der Waals surface area (Å²) in [5.41, 5.74) is 1.40. The van der Waals surface area contributed by atoms with E-state index in [1.54, 1.807) is 0 Å². The van der Waals surface area contributed by atoms with Gasteiger partial charge in [-0.05, 0) is 24.9 Å². The van der Waals surface area contributed by atoms with Gasteiger partial charge in [0.05, 0.1) is 19.8 Å². The van der Waals surface area contributed by atoms with Crippen LogP contribution in [0.15, 0.2) is 82.0 Å². The predicted octanol–water partition coefficient (Wildman–Crippen LogP) is 4.19. The van der Waals surface area contributed by atoms with Crippen molar-refractivity contribution < 1.29 is 29.2 Å². The van der Waals surface area contributed by atoms with E-state index < -0.39 is 0 Å². The Labute approximate surface area is 221 Å². The molecule has 3 N–H and O–H groups in total. The largest absolute Gasteiger partial charge is 0.507 e. The molecular weight excluding hydrogens is 486 g/mol. The van der Waals surface area contributed by atoms with Crippen LogP contribution in [0, 0.1) is 0 Å². The number of nitrogens with zero attached hydrogens (tertiary/aromatic N) is 1. The fraction of sp³-hybridized carbons (Fsp3) is 0.300. The van der Waals surface area contributed by atoms with E-state index in [9.17, 15) is 20.1 Å². The van der Waals surface area contributed by atoms with Gasteiger partial charge in [-0.15, -0.1) is 0 Å². The summed E-state index contributed by atoms with van der Waals surface area (Å²) in [6.07, 6.45) is 1.45. The third kappa shape index (κ3) is 6.92. The molecule has 0 aliphatic rings. The van der Waals surface area contributed by atoms with Gasteiger partial charge in [-0.2, -0.15) is 0 Å². The Bertz CT molecular complexity index is 1350. The van der Waals surface area contributed by atoms with Gasteiger partial charge in [0.2, 0.25) is 5.75 Å². The number of aliphatic hydroxyl groups excluding tert-OH is 2. The van der Waals surface area contributed by atoms with Gasteiger partial charge in [0.1, 0.15) is 23.5 Å². The molecule has 8 heteroatoms. The van der Waals surface area contributed by atoms with E-state index >= 15 is 0 Å². The van der Waals surface area contributed by atoms with E-state index in [0.717, 1.165) is 17.5 Å². The molecule has 3 aromatic carbocycles. The lowest BCUT2D eigenvalue weighted by molar-refractivity contribution is 0.156. The van der Waals surface area contributed by atoms with E-state index in [1.165, 1.54) is 12.1 Å². The summed E-state index contributed by atoms with van der Waals surface area (Å²) >= 11 is 0. The van der Waals surface area contributed by atoms with Crippen LogP contribution in [0.5, 0.6) is 17.2 Å². The van der Waals surface area contributed by atoms with Crippen molar-refractivity contribution in [2.75, 3.05) is 39.5 Å². The van der Waals surface area contributed by atoms with E-state index in [0.29, 0.717) is 38.4 Å². The SMILES string of the molecule is O=c1cc(-c2ccccc2)oc2c(OCCCCN(CCO)CCO)c(OCc3ccccc3)cc(O)c12.